The Hall–Kier alpha value is -4.11. The molecule has 8 nitrogen and oxygen atoms in total. The third kappa shape index (κ3) is 2.94. The molecule has 0 radical (unpaired) electrons. The fraction of sp³-hybridized carbons (Fsp3) is 0.0455. The van der Waals surface area contributed by atoms with Gasteiger partial charge in [-0.2, -0.15) is 5.10 Å². The Morgan fingerprint density at radius 3 is 2.71 bits per heavy atom. The first-order valence-electron chi connectivity index (χ1n) is 9.56. The summed E-state index contributed by atoms with van der Waals surface area (Å²) in [4.78, 5) is 23.5. The molecule has 0 saturated heterocycles. The molecule has 3 N–H and O–H groups in total. The molecule has 0 unspecified atom stereocenters. The van der Waals surface area contributed by atoms with Crippen LogP contribution >= 0.6 is 11.3 Å². The summed E-state index contributed by atoms with van der Waals surface area (Å²) in [5.74, 6) is 0.715. The van der Waals surface area contributed by atoms with Crippen LogP contribution in [0.1, 0.15) is 4.88 Å². The molecule has 0 spiro atoms. The molecule has 9 heteroatoms. The SMILES string of the molecule is Cc1ccc(-c2ccnc3[nH]c(-c4n[nH]c5ncc(-c6cncc(O)c6)cc45)nc23)s1. The van der Waals surface area contributed by atoms with Gasteiger partial charge in [-0.25, -0.2) is 15.0 Å². The minimum atomic E-state index is 0.102. The normalized spacial score (nSPS) is 11.5. The van der Waals surface area contributed by atoms with E-state index in [4.69, 9.17) is 4.98 Å². The second-order valence-electron chi connectivity index (χ2n) is 7.18. The average Bonchev–Trinajstić information content (AvgIpc) is 3.50. The summed E-state index contributed by atoms with van der Waals surface area (Å²) < 4.78 is 0. The van der Waals surface area contributed by atoms with E-state index in [9.17, 15) is 5.11 Å². The number of aryl methyl sites for hydroxylation is 1. The lowest BCUT2D eigenvalue weighted by atomic mass is 10.1. The van der Waals surface area contributed by atoms with E-state index in [1.54, 1.807) is 36.0 Å². The lowest BCUT2D eigenvalue weighted by molar-refractivity contribution is 0.473. The zero-order chi connectivity index (χ0) is 20.9. The molecule has 31 heavy (non-hydrogen) atoms. The Kier molecular flexibility index (Phi) is 3.84. The van der Waals surface area contributed by atoms with Crippen LogP contribution in [0.4, 0.5) is 0 Å². The number of H-pyrrole nitrogens is 2. The standard InChI is InChI=1S/C22H15N7OS/c1-11-2-3-17(31-11)15-4-5-24-21-18(15)26-22(27-21)19-16-7-13(9-25-20(16)29-28-19)12-6-14(30)10-23-8-12/h2-10,30H,1H3,(H,24,26,27)(H,25,28,29). The van der Waals surface area contributed by atoms with E-state index >= 15 is 0 Å². The van der Waals surface area contributed by atoms with Crippen molar-refractivity contribution in [2.24, 2.45) is 0 Å². The van der Waals surface area contributed by atoms with E-state index in [1.807, 2.05) is 12.1 Å². The van der Waals surface area contributed by atoms with Gasteiger partial charge in [0.25, 0.3) is 0 Å². The van der Waals surface area contributed by atoms with Gasteiger partial charge >= 0.3 is 0 Å². The van der Waals surface area contributed by atoms with E-state index in [0.29, 0.717) is 22.8 Å². The van der Waals surface area contributed by atoms with Crippen molar-refractivity contribution in [2.45, 2.75) is 6.92 Å². The molecule has 6 aromatic heterocycles. The molecule has 0 aliphatic carbocycles. The summed E-state index contributed by atoms with van der Waals surface area (Å²) in [6.07, 6.45) is 6.58. The number of thiophene rings is 1. The number of imidazole rings is 1. The zero-order valence-corrected chi connectivity index (χ0v) is 17.1. The van der Waals surface area contributed by atoms with Crippen LogP contribution in [0.25, 0.3) is 55.3 Å². The maximum atomic E-state index is 9.76. The number of hydrogen-bond donors (Lipinski definition) is 3. The van der Waals surface area contributed by atoms with Crippen LogP contribution in [0.15, 0.2) is 55.1 Å². The van der Waals surface area contributed by atoms with Crippen LogP contribution in [-0.4, -0.2) is 40.2 Å². The van der Waals surface area contributed by atoms with Gasteiger partial charge in [-0.1, -0.05) is 0 Å². The summed E-state index contributed by atoms with van der Waals surface area (Å²) in [5, 5.41) is 18.0. The molecular formula is C22H15N7OS. The van der Waals surface area contributed by atoms with Crippen molar-refractivity contribution in [2.75, 3.05) is 0 Å². The van der Waals surface area contributed by atoms with E-state index in [1.165, 1.54) is 11.1 Å². The van der Waals surface area contributed by atoms with E-state index < -0.39 is 0 Å². The Morgan fingerprint density at radius 1 is 0.968 bits per heavy atom. The fourth-order valence-electron chi connectivity index (χ4n) is 3.63. The first-order chi connectivity index (χ1) is 15.2. The average molecular weight is 425 g/mol. The van der Waals surface area contributed by atoms with Gasteiger partial charge in [-0.05, 0) is 37.3 Å². The molecule has 6 aromatic rings. The Morgan fingerprint density at radius 2 is 1.87 bits per heavy atom. The summed E-state index contributed by atoms with van der Waals surface area (Å²) in [5.41, 5.74) is 5.44. The van der Waals surface area contributed by atoms with Gasteiger partial charge in [0, 0.05) is 45.0 Å². The maximum Gasteiger partial charge on any atom is 0.161 e. The highest BCUT2D eigenvalue weighted by Gasteiger charge is 2.17. The molecule has 0 aromatic carbocycles. The van der Waals surface area contributed by atoms with E-state index in [-0.39, 0.29) is 5.75 Å². The van der Waals surface area contributed by atoms with Crippen molar-refractivity contribution in [1.29, 1.82) is 0 Å². The molecule has 0 aliphatic heterocycles. The highest BCUT2D eigenvalue weighted by molar-refractivity contribution is 7.15. The minimum absolute atomic E-state index is 0.102. The van der Waals surface area contributed by atoms with Crippen molar-refractivity contribution >= 4 is 33.5 Å². The van der Waals surface area contributed by atoms with Gasteiger partial charge in [0.2, 0.25) is 0 Å². The smallest absolute Gasteiger partial charge is 0.161 e. The van der Waals surface area contributed by atoms with Crippen molar-refractivity contribution in [3.63, 3.8) is 0 Å². The van der Waals surface area contributed by atoms with Crippen molar-refractivity contribution in [1.82, 2.24) is 35.1 Å². The Balaban J connectivity index is 1.51. The van der Waals surface area contributed by atoms with E-state index in [2.05, 4.69) is 49.2 Å². The van der Waals surface area contributed by atoms with Crippen molar-refractivity contribution < 1.29 is 5.11 Å². The van der Waals surface area contributed by atoms with Crippen LogP contribution in [0.3, 0.4) is 0 Å². The first kappa shape index (κ1) is 17.7. The second kappa shape index (κ2) is 6.71. The van der Waals surface area contributed by atoms with Gasteiger partial charge in [-0.3, -0.25) is 10.1 Å². The van der Waals surface area contributed by atoms with Crippen LogP contribution in [0.2, 0.25) is 0 Å². The largest absolute Gasteiger partial charge is 0.506 e. The topological polar surface area (TPSA) is 116 Å². The van der Waals surface area contributed by atoms with Gasteiger partial charge in [-0.15, -0.1) is 11.3 Å². The molecule has 0 fully saturated rings. The van der Waals surface area contributed by atoms with Crippen molar-refractivity contribution in [3.05, 3.63) is 60.0 Å². The number of rotatable bonds is 3. The molecule has 0 bridgehead atoms. The number of hydrogen-bond acceptors (Lipinski definition) is 7. The number of nitrogens with zero attached hydrogens (tertiary/aromatic N) is 5. The van der Waals surface area contributed by atoms with Gasteiger partial charge in [0.1, 0.15) is 17.0 Å². The molecular weight excluding hydrogens is 410 g/mol. The lowest BCUT2D eigenvalue weighted by Gasteiger charge is -2.02. The summed E-state index contributed by atoms with van der Waals surface area (Å²) in [6, 6.07) is 9.80. The quantitative estimate of drug-likeness (QED) is 0.378. The zero-order valence-electron chi connectivity index (χ0n) is 16.3. The van der Waals surface area contributed by atoms with Crippen LogP contribution in [0.5, 0.6) is 5.75 Å². The molecule has 0 aliphatic rings. The van der Waals surface area contributed by atoms with E-state index in [0.717, 1.165) is 32.5 Å². The lowest BCUT2D eigenvalue weighted by Crippen LogP contribution is -1.85. The number of aromatic hydroxyl groups is 1. The minimum Gasteiger partial charge on any atom is -0.506 e. The number of nitrogens with one attached hydrogen (secondary N) is 2. The maximum absolute atomic E-state index is 9.76. The summed E-state index contributed by atoms with van der Waals surface area (Å²) in [6.45, 7) is 2.09. The second-order valence-corrected chi connectivity index (χ2v) is 8.46. The van der Waals surface area contributed by atoms with Crippen molar-refractivity contribution in [3.8, 4) is 38.8 Å². The van der Waals surface area contributed by atoms with Crippen LogP contribution in [0, 0.1) is 6.92 Å². The van der Waals surface area contributed by atoms with Crippen LogP contribution < -0.4 is 0 Å². The molecule has 6 rings (SSSR count). The predicted molar refractivity (Wildman–Crippen MR) is 120 cm³/mol. The highest BCUT2D eigenvalue weighted by atomic mass is 32.1. The summed E-state index contributed by atoms with van der Waals surface area (Å²) >= 11 is 1.73. The third-order valence-corrected chi connectivity index (χ3v) is 6.12. The predicted octanol–water partition coefficient (Wildman–Crippen LogP) is 4.70. The molecule has 150 valence electrons. The number of fused-ring (bicyclic) bond motifs is 2. The van der Waals surface area contributed by atoms with Gasteiger partial charge < -0.3 is 10.1 Å². The fourth-order valence-corrected chi connectivity index (χ4v) is 4.52. The van der Waals surface area contributed by atoms with Gasteiger partial charge in [0.15, 0.2) is 17.1 Å². The third-order valence-electron chi connectivity index (χ3n) is 5.09. The number of aromatic nitrogens is 7. The number of pyridine rings is 3. The molecule has 0 amide bonds. The number of aromatic amines is 2. The molecule has 6 heterocycles. The summed E-state index contributed by atoms with van der Waals surface area (Å²) in [7, 11) is 0. The Labute approximate surface area is 179 Å². The van der Waals surface area contributed by atoms with Gasteiger partial charge in [0.05, 0.1) is 11.6 Å². The molecule has 0 atom stereocenters. The highest BCUT2D eigenvalue weighted by Crippen LogP contribution is 2.34. The first-order valence-corrected chi connectivity index (χ1v) is 10.4. The Bertz CT molecular complexity index is 1580. The molecule has 0 saturated carbocycles. The van der Waals surface area contributed by atoms with Crippen LogP contribution in [-0.2, 0) is 0 Å². The monoisotopic (exact) mass is 425 g/mol.